The first-order chi connectivity index (χ1) is 14.2. The second-order valence-corrected chi connectivity index (χ2v) is 8.18. The maximum Gasteiger partial charge on any atom is 0.191 e. The average Bonchev–Trinajstić information content (AvgIpc) is 3.27. The summed E-state index contributed by atoms with van der Waals surface area (Å²) in [6, 6.07) is 8.41. The van der Waals surface area contributed by atoms with Gasteiger partial charge in [-0.25, -0.2) is 4.99 Å². The predicted octanol–water partition coefficient (Wildman–Crippen LogP) is 2.99. The van der Waals surface area contributed by atoms with E-state index in [1.54, 1.807) is 0 Å². The smallest absolute Gasteiger partial charge is 0.191 e. The fraction of sp³-hybridized carbons (Fsp3) is 0.571. The highest BCUT2D eigenvalue weighted by molar-refractivity contribution is 6.30. The first kappa shape index (κ1) is 20.0. The SMILES string of the molecule is CCNC(=NCc1nnc2n1CCCCC2)NC1CCN(c2cccc(Cl)c2)C1. The molecule has 0 amide bonds. The number of benzene rings is 1. The Labute approximate surface area is 177 Å². The van der Waals surface area contributed by atoms with Gasteiger partial charge in [0, 0.05) is 49.4 Å². The fourth-order valence-electron chi connectivity index (χ4n) is 4.11. The number of anilines is 1. The van der Waals surface area contributed by atoms with E-state index in [4.69, 9.17) is 16.6 Å². The Bertz CT molecular complexity index is 847. The predicted molar refractivity (Wildman–Crippen MR) is 118 cm³/mol. The van der Waals surface area contributed by atoms with Crippen LogP contribution in [-0.2, 0) is 19.5 Å². The molecule has 2 N–H and O–H groups in total. The van der Waals surface area contributed by atoms with Gasteiger partial charge in [0.1, 0.15) is 12.4 Å². The zero-order chi connectivity index (χ0) is 20.1. The van der Waals surface area contributed by atoms with E-state index in [0.717, 1.165) is 61.7 Å². The van der Waals surface area contributed by atoms with E-state index in [1.165, 1.54) is 24.9 Å². The van der Waals surface area contributed by atoms with Crippen molar-refractivity contribution in [2.24, 2.45) is 4.99 Å². The maximum absolute atomic E-state index is 6.15. The second-order valence-electron chi connectivity index (χ2n) is 7.75. The number of halogens is 1. The lowest BCUT2D eigenvalue weighted by molar-refractivity contribution is 0.603. The summed E-state index contributed by atoms with van der Waals surface area (Å²) in [7, 11) is 0. The van der Waals surface area contributed by atoms with Crippen molar-refractivity contribution in [2.45, 2.75) is 58.2 Å². The van der Waals surface area contributed by atoms with Crippen LogP contribution in [0.4, 0.5) is 5.69 Å². The molecule has 7 nitrogen and oxygen atoms in total. The molecule has 3 heterocycles. The van der Waals surface area contributed by atoms with Crippen molar-refractivity contribution >= 4 is 23.2 Å². The van der Waals surface area contributed by atoms with Crippen LogP contribution < -0.4 is 15.5 Å². The molecule has 0 bridgehead atoms. The minimum atomic E-state index is 0.349. The number of aliphatic imine (C=N–C) groups is 1. The van der Waals surface area contributed by atoms with Crippen molar-refractivity contribution in [1.29, 1.82) is 0 Å². The standard InChI is InChI=1S/C21H30ClN7/c1-2-23-21(24-14-20-27-26-19-9-4-3-5-11-29(19)20)25-17-10-12-28(15-17)18-8-6-7-16(22)13-18/h6-8,13,17H,2-5,9-12,14-15H2,1H3,(H2,23,24,25). The molecule has 4 rings (SSSR count). The number of hydrogen-bond donors (Lipinski definition) is 2. The van der Waals surface area contributed by atoms with Gasteiger partial charge < -0.3 is 20.1 Å². The van der Waals surface area contributed by atoms with Crippen molar-refractivity contribution in [3.63, 3.8) is 0 Å². The monoisotopic (exact) mass is 415 g/mol. The quantitative estimate of drug-likeness (QED) is 0.580. The van der Waals surface area contributed by atoms with Gasteiger partial charge in [0.2, 0.25) is 0 Å². The molecule has 1 aromatic carbocycles. The molecule has 1 aromatic heterocycles. The highest BCUT2D eigenvalue weighted by Gasteiger charge is 2.23. The van der Waals surface area contributed by atoms with Crippen molar-refractivity contribution in [2.75, 3.05) is 24.5 Å². The average molecular weight is 416 g/mol. The van der Waals surface area contributed by atoms with E-state index >= 15 is 0 Å². The van der Waals surface area contributed by atoms with Crippen LogP contribution in [-0.4, -0.2) is 46.4 Å². The molecule has 2 aliphatic heterocycles. The lowest BCUT2D eigenvalue weighted by Gasteiger charge is -2.20. The number of hydrogen-bond acceptors (Lipinski definition) is 4. The van der Waals surface area contributed by atoms with Crippen LogP contribution in [0.2, 0.25) is 5.02 Å². The zero-order valence-electron chi connectivity index (χ0n) is 17.1. The van der Waals surface area contributed by atoms with E-state index in [2.05, 4.69) is 43.3 Å². The molecule has 0 saturated carbocycles. The molecular formula is C21H30ClN7. The molecule has 29 heavy (non-hydrogen) atoms. The summed E-state index contributed by atoms with van der Waals surface area (Å²) in [4.78, 5) is 7.17. The number of fused-ring (bicyclic) bond motifs is 1. The third kappa shape index (κ3) is 5.01. The zero-order valence-corrected chi connectivity index (χ0v) is 17.8. The summed E-state index contributed by atoms with van der Waals surface area (Å²) >= 11 is 6.15. The van der Waals surface area contributed by atoms with Gasteiger partial charge in [-0.15, -0.1) is 10.2 Å². The summed E-state index contributed by atoms with van der Waals surface area (Å²) in [6.45, 7) is 6.42. The Morgan fingerprint density at radius 2 is 2.17 bits per heavy atom. The summed E-state index contributed by atoms with van der Waals surface area (Å²) in [5.41, 5.74) is 1.18. The number of aryl methyl sites for hydroxylation is 1. The molecule has 2 aliphatic rings. The lowest BCUT2D eigenvalue weighted by atomic mass is 10.2. The summed E-state index contributed by atoms with van der Waals surface area (Å²) < 4.78 is 2.26. The molecule has 1 atom stereocenters. The van der Waals surface area contributed by atoms with Crippen molar-refractivity contribution in [3.05, 3.63) is 40.9 Å². The molecule has 156 valence electrons. The van der Waals surface area contributed by atoms with Gasteiger partial charge in [-0.2, -0.15) is 0 Å². The topological polar surface area (TPSA) is 70.4 Å². The Kier molecular flexibility index (Phi) is 6.54. The summed E-state index contributed by atoms with van der Waals surface area (Å²) in [6.07, 6.45) is 5.76. The molecule has 1 fully saturated rings. The number of nitrogens with zero attached hydrogens (tertiary/aromatic N) is 5. The van der Waals surface area contributed by atoms with Crippen LogP contribution in [0.15, 0.2) is 29.3 Å². The molecule has 0 spiro atoms. The van der Waals surface area contributed by atoms with E-state index in [9.17, 15) is 0 Å². The van der Waals surface area contributed by atoms with E-state index in [0.29, 0.717) is 12.6 Å². The third-order valence-corrected chi connectivity index (χ3v) is 5.85. The normalized spacial score (nSPS) is 19.7. The Hall–Kier alpha value is -2.28. The number of rotatable bonds is 5. The number of aromatic nitrogens is 3. The van der Waals surface area contributed by atoms with Crippen LogP contribution >= 0.6 is 11.6 Å². The van der Waals surface area contributed by atoms with E-state index in [1.807, 2.05) is 18.2 Å². The summed E-state index contributed by atoms with van der Waals surface area (Å²) in [5, 5.41) is 16.5. The van der Waals surface area contributed by atoms with Crippen molar-refractivity contribution < 1.29 is 0 Å². The minimum absolute atomic E-state index is 0.349. The fourth-order valence-corrected chi connectivity index (χ4v) is 4.30. The molecule has 0 aliphatic carbocycles. The van der Waals surface area contributed by atoms with E-state index in [-0.39, 0.29) is 0 Å². The van der Waals surface area contributed by atoms with Gasteiger partial charge in [-0.3, -0.25) is 0 Å². The maximum atomic E-state index is 6.15. The number of guanidine groups is 1. The Morgan fingerprint density at radius 1 is 1.24 bits per heavy atom. The third-order valence-electron chi connectivity index (χ3n) is 5.61. The molecule has 0 radical (unpaired) electrons. The van der Waals surface area contributed by atoms with Crippen LogP contribution in [0.25, 0.3) is 0 Å². The second kappa shape index (κ2) is 9.48. The Balaban J connectivity index is 1.39. The summed E-state index contributed by atoms with van der Waals surface area (Å²) in [5.74, 6) is 2.92. The van der Waals surface area contributed by atoms with Gasteiger partial charge in [0.25, 0.3) is 0 Å². The van der Waals surface area contributed by atoms with Crippen LogP contribution in [0.1, 0.15) is 44.3 Å². The lowest BCUT2D eigenvalue weighted by Crippen LogP contribution is -2.44. The molecular weight excluding hydrogens is 386 g/mol. The molecule has 2 aromatic rings. The van der Waals surface area contributed by atoms with Crippen molar-refractivity contribution in [1.82, 2.24) is 25.4 Å². The highest BCUT2D eigenvalue weighted by Crippen LogP contribution is 2.23. The van der Waals surface area contributed by atoms with E-state index < -0.39 is 0 Å². The van der Waals surface area contributed by atoms with Crippen molar-refractivity contribution in [3.8, 4) is 0 Å². The van der Waals surface area contributed by atoms with Gasteiger partial charge in [0.05, 0.1) is 0 Å². The molecule has 1 saturated heterocycles. The minimum Gasteiger partial charge on any atom is -0.369 e. The van der Waals surface area contributed by atoms with Gasteiger partial charge in [-0.1, -0.05) is 24.1 Å². The molecule has 8 heteroatoms. The highest BCUT2D eigenvalue weighted by atomic mass is 35.5. The Morgan fingerprint density at radius 3 is 3.03 bits per heavy atom. The first-order valence-corrected chi connectivity index (χ1v) is 11.1. The largest absolute Gasteiger partial charge is 0.369 e. The van der Waals surface area contributed by atoms with Crippen LogP contribution in [0, 0.1) is 0 Å². The van der Waals surface area contributed by atoms with Gasteiger partial charge in [-0.05, 0) is 44.4 Å². The van der Waals surface area contributed by atoms with Gasteiger partial charge >= 0.3 is 0 Å². The molecule has 1 unspecified atom stereocenters. The first-order valence-electron chi connectivity index (χ1n) is 10.7. The van der Waals surface area contributed by atoms with Crippen LogP contribution in [0.5, 0.6) is 0 Å². The van der Waals surface area contributed by atoms with Crippen LogP contribution in [0.3, 0.4) is 0 Å². The van der Waals surface area contributed by atoms with Gasteiger partial charge in [0.15, 0.2) is 11.8 Å². The number of nitrogens with one attached hydrogen (secondary N) is 2.